The third-order valence-corrected chi connectivity index (χ3v) is 2.61. The van der Waals surface area contributed by atoms with Crippen molar-refractivity contribution < 1.29 is 5.11 Å². The van der Waals surface area contributed by atoms with Crippen LogP contribution in [0.1, 0.15) is 23.6 Å². The molecule has 13 heavy (non-hydrogen) atoms. The average Bonchev–Trinajstić information content (AvgIpc) is 2.06. The molecule has 1 heterocycles. The average molecular weight is 177 g/mol. The first kappa shape index (κ1) is 8.73. The van der Waals surface area contributed by atoms with E-state index in [-0.39, 0.29) is 6.61 Å². The van der Waals surface area contributed by atoms with Crippen LogP contribution in [-0.4, -0.2) is 18.3 Å². The zero-order valence-corrected chi connectivity index (χ0v) is 7.66. The van der Waals surface area contributed by atoms with E-state index in [9.17, 15) is 0 Å². The number of aliphatic hydroxyl groups excluding tert-OH is 1. The van der Waals surface area contributed by atoms with Crippen LogP contribution in [0.4, 0.5) is 0 Å². The summed E-state index contributed by atoms with van der Waals surface area (Å²) in [6.45, 7) is 1.38. The third-order valence-electron chi connectivity index (χ3n) is 2.61. The van der Waals surface area contributed by atoms with Crippen LogP contribution in [0, 0.1) is 0 Å². The van der Waals surface area contributed by atoms with Gasteiger partial charge in [-0.3, -0.25) is 0 Å². The standard InChI is InChI=1S/C11H15NO/c13-8-6-9-1-3-10(4-2-9)11-5-7-12-11/h1-4,11-13H,5-8H2/t11-/m1/s1. The molecule has 1 atom stereocenters. The molecule has 0 bridgehead atoms. The molecular weight excluding hydrogens is 162 g/mol. The second-order valence-corrected chi connectivity index (χ2v) is 3.51. The normalized spacial score (nSPS) is 21.2. The highest BCUT2D eigenvalue weighted by Gasteiger charge is 2.17. The van der Waals surface area contributed by atoms with Gasteiger partial charge in [-0.05, 0) is 30.5 Å². The first-order valence-electron chi connectivity index (χ1n) is 4.83. The fourth-order valence-corrected chi connectivity index (χ4v) is 1.62. The molecule has 0 radical (unpaired) electrons. The van der Waals surface area contributed by atoms with E-state index in [1.807, 2.05) is 0 Å². The summed E-state index contributed by atoms with van der Waals surface area (Å²) in [7, 11) is 0. The highest BCUT2D eigenvalue weighted by atomic mass is 16.2. The second-order valence-electron chi connectivity index (χ2n) is 3.51. The van der Waals surface area contributed by atoms with E-state index in [0.717, 1.165) is 13.0 Å². The number of rotatable bonds is 3. The third kappa shape index (κ3) is 1.90. The van der Waals surface area contributed by atoms with Gasteiger partial charge in [0.15, 0.2) is 0 Å². The summed E-state index contributed by atoms with van der Waals surface area (Å²) in [5.41, 5.74) is 2.58. The molecule has 2 rings (SSSR count). The summed E-state index contributed by atoms with van der Waals surface area (Å²) in [5, 5.41) is 12.1. The smallest absolute Gasteiger partial charge is 0.0471 e. The lowest BCUT2D eigenvalue weighted by Gasteiger charge is -2.28. The van der Waals surface area contributed by atoms with Gasteiger partial charge in [0.2, 0.25) is 0 Å². The molecule has 0 aromatic heterocycles. The Morgan fingerprint density at radius 1 is 1.31 bits per heavy atom. The Morgan fingerprint density at radius 3 is 2.46 bits per heavy atom. The predicted octanol–water partition coefficient (Wildman–Crippen LogP) is 1.26. The van der Waals surface area contributed by atoms with E-state index in [0.29, 0.717) is 6.04 Å². The van der Waals surface area contributed by atoms with Crippen LogP contribution < -0.4 is 5.32 Å². The van der Waals surface area contributed by atoms with Crippen LogP contribution in [-0.2, 0) is 6.42 Å². The minimum absolute atomic E-state index is 0.237. The zero-order valence-electron chi connectivity index (χ0n) is 7.66. The molecule has 2 nitrogen and oxygen atoms in total. The lowest BCUT2D eigenvalue weighted by atomic mass is 9.97. The first-order chi connectivity index (χ1) is 6.40. The van der Waals surface area contributed by atoms with Gasteiger partial charge in [0.1, 0.15) is 0 Å². The molecule has 1 aromatic carbocycles. The minimum Gasteiger partial charge on any atom is -0.396 e. The molecular formula is C11H15NO. The van der Waals surface area contributed by atoms with Crippen molar-refractivity contribution in [2.45, 2.75) is 18.9 Å². The van der Waals surface area contributed by atoms with Crippen molar-refractivity contribution in [2.24, 2.45) is 0 Å². The molecule has 2 N–H and O–H groups in total. The van der Waals surface area contributed by atoms with Crippen LogP contribution in [0.25, 0.3) is 0 Å². The Labute approximate surface area is 78.6 Å². The molecule has 0 saturated carbocycles. The van der Waals surface area contributed by atoms with E-state index >= 15 is 0 Å². The van der Waals surface area contributed by atoms with Gasteiger partial charge in [0.05, 0.1) is 0 Å². The fourth-order valence-electron chi connectivity index (χ4n) is 1.62. The van der Waals surface area contributed by atoms with E-state index in [1.165, 1.54) is 17.5 Å². The maximum atomic E-state index is 8.74. The number of hydrogen-bond acceptors (Lipinski definition) is 2. The lowest BCUT2D eigenvalue weighted by Crippen LogP contribution is -2.34. The number of hydrogen-bond donors (Lipinski definition) is 2. The van der Waals surface area contributed by atoms with Crippen molar-refractivity contribution in [2.75, 3.05) is 13.2 Å². The van der Waals surface area contributed by atoms with Gasteiger partial charge < -0.3 is 10.4 Å². The van der Waals surface area contributed by atoms with Crippen molar-refractivity contribution >= 4 is 0 Å². The molecule has 1 aromatic rings. The monoisotopic (exact) mass is 177 g/mol. The number of aliphatic hydroxyl groups is 1. The van der Waals surface area contributed by atoms with Gasteiger partial charge >= 0.3 is 0 Å². The molecule has 0 spiro atoms. The predicted molar refractivity (Wildman–Crippen MR) is 52.6 cm³/mol. The molecule has 2 heteroatoms. The molecule has 1 aliphatic heterocycles. The Balaban J connectivity index is 2.04. The van der Waals surface area contributed by atoms with E-state index in [2.05, 4.69) is 29.6 Å². The molecule has 1 saturated heterocycles. The summed E-state index contributed by atoms with van der Waals surface area (Å²) < 4.78 is 0. The van der Waals surface area contributed by atoms with Crippen LogP contribution in [0.3, 0.4) is 0 Å². The van der Waals surface area contributed by atoms with Gasteiger partial charge in [-0.1, -0.05) is 24.3 Å². The van der Waals surface area contributed by atoms with Crippen molar-refractivity contribution in [3.63, 3.8) is 0 Å². The highest BCUT2D eigenvalue weighted by molar-refractivity contribution is 5.26. The van der Waals surface area contributed by atoms with Crippen LogP contribution >= 0.6 is 0 Å². The molecule has 70 valence electrons. The van der Waals surface area contributed by atoms with E-state index in [4.69, 9.17) is 5.11 Å². The quantitative estimate of drug-likeness (QED) is 0.728. The SMILES string of the molecule is OCCc1ccc([C@H]2CCN2)cc1. The minimum atomic E-state index is 0.237. The summed E-state index contributed by atoms with van der Waals surface area (Å²) in [5.74, 6) is 0. The van der Waals surface area contributed by atoms with Gasteiger partial charge in [-0.15, -0.1) is 0 Å². The van der Waals surface area contributed by atoms with E-state index < -0.39 is 0 Å². The highest BCUT2D eigenvalue weighted by Crippen LogP contribution is 2.22. The Morgan fingerprint density at radius 2 is 2.00 bits per heavy atom. The van der Waals surface area contributed by atoms with E-state index in [1.54, 1.807) is 0 Å². The lowest BCUT2D eigenvalue weighted by molar-refractivity contribution is 0.299. The van der Waals surface area contributed by atoms with Gasteiger partial charge in [0, 0.05) is 12.6 Å². The summed E-state index contributed by atoms with van der Waals surface area (Å²) in [6, 6.07) is 9.09. The maximum Gasteiger partial charge on any atom is 0.0471 e. The summed E-state index contributed by atoms with van der Waals surface area (Å²) in [4.78, 5) is 0. The Kier molecular flexibility index (Phi) is 2.62. The summed E-state index contributed by atoms with van der Waals surface area (Å²) in [6.07, 6.45) is 2.01. The fraction of sp³-hybridized carbons (Fsp3) is 0.455. The second kappa shape index (κ2) is 3.90. The molecule has 0 unspecified atom stereocenters. The van der Waals surface area contributed by atoms with Crippen molar-refractivity contribution in [1.29, 1.82) is 0 Å². The topological polar surface area (TPSA) is 32.3 Å². The zero-order chi connectivity index (χ0) is 9.10. The van der Waals surface area contributed by atoms with Crippen LogP contribution in [0.15, 0.2) is 24.3 Å². The maximum absolute atomic E-state index is 8.74. The first-order valence-corrected chi connectivity index (χ1v) is 4.83. The molecule has 0 aliphatic carbocycles. The van der Waals surface area contributed by atoms with Crippen LogP contribution in [0.5, 0.6) is 0 Å². The van der Waals surface area contributed by atoms with Gasteiger partial charge in [-0.25, -0.2) is 0 Å². The number of benzene rings is 1. The Hall–Kier alpha value is -0.860. The summed E-state index contributed by atoms with van der Waals surface area (Å²) >= 11 is 0. The van der Waals surface area contributed by atoms with Gasteiger partial charge in [0.25, 0.3) is 0 Å². The Bertz CT molecular complexity index is 264. The molecule has 1 fully saturated rings. The molecule has 1 aliphatic rings. The van der Waals surface area contributed by atoms with Crippen LogP contribution in [0.2, 0.25) is 0 Å². The number of nitrogens with one attached hydrogen (secondary N) is 1. The van der Waals surface area contributed by atoms with Gasteiger partial charge in [-0.2, -0.15) is 0 Å². The molecule has 0 amide bonds. The van der Waals surface area contributed by atoms with Crippen molar-refractivity contribution in [3.05, 3.63) is 35.4 Å². The largest absolute Gasteiger partial charge is 0.396 e. The van der Waals surface area contributed by atoms with Crippen molar-refractivity contribution in [3.8, 4) is 0 Å². The van der Waals surface area contributed by atoms with Crippen molar-refractivity contribution in [1.82, 2.24) is 5.32 Å².